The lowest BCUT2D eigenvalue weighted by Gasteiger charge is -2.18. The van der Waals surface area contributed by atoms with Crippen LogP contribution >= 0.6 is 27.5 Å². The van der Waals surface area contributed by atoms with E-state index in [0.717, 1.165) is 21.4 Å². The normalized spacial score (nSPS) is 11.8. The number of hydrogen-bond donors (Lipinski definition) is 2. The number of nitrogens with one attached hydrogen (secondary N) is 2. The Bertz CT molecular complexity index is 660. The zero-order valence-electron chi connectivity index (χ0n) is 11.8. The Kier molecular flexibility index (Phi) is 5.26. The van der Waals surface area contributed by atoms with Gasteiger partial charge in [0, 0.05) is 33.8 Å². The molecule has 3 nitrogen and oxygen atoms in total. The number of rotatable bonds is 4. The molecule has 2 rings (SSSR count). The zero-order chi connectivity index (χ0) is 15.4. The maximum Gasteiger partial charge on any atom is 0.221 e. The molecule has 0 aliphatic carbocycles. The van der Waals surface area contributed by atoms with Crippen molar-refractivity contribution in [3.8, 4) is 0 Å². The first kappa shape index (κ1) is 15.9. The van der Waals surface area contributed by atoms with Gasteiger partial charge in [-0.25, -0.2) is 0 Å². The van der Waals surface area contributed by atoms with Gasteiger partial charge in [-0.05, 0) is 58.7 Å². The number of anilines is 2. The topological polar surface area (TPSA) is 41.1 Å². The van der Waals surface area contributed by atoms with Gasteiger partial charge in [0.15, 0.2) is 0 Å². The Morgan fingerprint density at radius 1 is 1.24 bits per heavy atom. The van der Waals surface area contributed by atoms with Crippen molar-refractivity contribution in [3.05, 3.63) is 57.5 Å². The van der Waals surface area contributed by atoms with Crippen LogP contribution in [0, 0.1) is 0 Å². The van der Waals surface area contributed by atoms with Crippen molar-refractivity contribution in [1.82, 2.24) is 0 Å². The molecule has 2 aromatic carbocycles. The molecular weight excluding hydrogens is 352 g/mol. The summed E-state index contributed by atoms with van der Waals surface area (Å²) in [4.78, 5) is 11.1. The molecule has 110 valence electrons. The van der Waals surface area contributed by atoms with E-state index in [9.17, 15) is 4.79 Å². The SMILES string of the molecule is CC(=O)Nc1cccc(C(C)Nc2ccc(Cl)cc2Br)c1. The molecule has 0 saturated heterocycles. The zero-order valence-corrected chi connectivity index (χ0v) is 14.1. The summed E-state index contributed by atoms with van der Waals surface area (Å²) in [7, 11) is 0. The highest BCUT2D eigenvalue weighted by atomic mass is 79.9. The van der Waals surface area contributed by atoms with Crippen LogP contribution < -0.4 is 10.6 Å². The van der Waals surface area contributed by atoms with Crippen LogP contribution in [0.1, 0.15) is 25.5 Å². The van der Waals surface area contributed by atoms with Gasteiger partial charge in [-0.2, -0.15) is 0 Å². The average molecular weight is 368 g/mol. The second kappa shape index (κ2) is 6.96. The summed E-state index contributed by atoms with van der Waals surface area (Å²) in [6, 6.07) is 13.5. The summed E-state index contributed by atoms with van der Waals surface area (Å²) in [5.41, 5.74) is 2.85. The molecule has 0 bridgehead atoms. The maximum absolute atomic E-state index is 11.1. The van der Waals surface area contributed by atoms with Gasteiger partial charge in [0.2, 0.25) is 5.91 Å². The quantitative estimate of drug-likeness (QED) is 0.776. The molecular formula is C16H16BrClN2O. The first-order chi connectivity index (χ1) is 9.95. The number of halogens is 2. The lowest BCUT2D eigenvalue weighted by Crippen LogP contribution is -2.09. The fraction of sp³-hybridized carbons (Fsp3) is 0.188. The van der Waals surface area contributed by atoms with E-state index in [0.29, 0.717) is 5.02 Å². The summed E-state index contributed by atoms with van der Waals surface area (Å²) >= 11 is 9.43. The number of benzene rings is 2. The van der Waals surface area contributed by atoms with Crippen molar-refractivity contribution in [1.29, 1.82) is 0 Å². The monoisotopic (exact) mass is 366 g/mol. The fourth-order valence-corrected chi connectivity index (χ4v) is 2.81. The Hall–Kier alpha value is -1.52. The van der Waals surface area contributed by atoms with E-state index >= 15 is 0 Å². The van der Waals surface area contributed by atoms with Gasteiger partial charge in [0.1, 0.15) is 0 Å². The Morgan fingerprint density at radius 2 is 2.00 bits per heavy atom. The first-order valence-electron chi connectivity index (χ1n) is 6.55. The predicted octanol–water partition coefficient (Wildman–Crippen LogP) is 5.23. The van der Waals surface area contributed by atoms with Crippen LogP contribution in [0.25, 0.3) is 0 Å². The van der Waals surface area contributed by atoms with Gasteiger partial charge in [0.25, 0.3) is 0 Å². The second-order valence-electron chi connectivity index (χ2n) is 4.80. The van der Waals surface area contributed by atoms with Crippen LogP contribution in [0.3, 0.4) is 0 Å². The summed E-state index contributed by atoms with van der Waals surface area (Å²) < 4.78 is 0.917. The summed E-state index contributed by atoms with van der Waals surface area (Å²) in [5.74, 6) is -0.0757. The lowest BCUT2D eigenvalue weighted by atomic mass is 10.1. The summed E-state index contributed by atoms with van der Waals surface area (Å²) in [6.45, 7) is 3.56. The summed E-state index contributed by atoms with van der Waals surface area (Å²) in [5, 5.41) is 6.89. The molecule has 2 aromatic rings. The molecule has 0 spiro atoms. The Morgan fingerprint density at radius 3 is 2.67 bits per heavy atom. The molecule has 5 heteroatoms. The number of hydrogen-bond acceptors (Lipinski definition) is 2. The van der Waals surface area contributed by atoms with Crippen molar-refractivity contribution in [2.45, 2.75) is 19.9 Å². The van der Waals surface area contributed by atoms with Gasteiger partial charge in [-0.15, -0.1) is 0 Å². The van der Waals surface area contributed by atoms with Gasteiger partial charge in [-0.3, -0.25) is 4.79 Å². The van der Waals surface area contributed by atoms with E-state index in [1.54, 1.807) is 0 Å². The molecule has 0 fully saturated rings. The van der Waals surface area contributed by atoms with Crippen LogP contribution in [0.4, 0.5) is 11.4 Å². The number of amides is 1. The van der Waals surface area contributed by atoms with Gasteiger partial charge >= 0.3 is 0 Å². The molecule has 0 saturated carbocycles. The van der Waals surface area contributed by atoms with E-state index in [-0.39, 0.29) is 11.9 Å². The molecule has 1 atom stereocenters. The van der Waals surface area contributed by atoms with Gasteiger partial charge < -0.3 is 10.6 Å². The first-order valence-corrected chi connectivity index (χ1v) is 7.72. The van der Waals surface area contributed by atoms with Crippen molar-refractivity contribution in [2.75, 3.05) is 10.6 Å². The number of carbonyl (C=O) groups is 1. The molecule has 0 radical (unpaired) electrons. The molecule has 1 amide bonds. The van der Waals surface area contributed by atoms with Gasteiger partial charge in [-0.1, -0.05) is 23.7 Å². The summed E-state index contributed by atoms with van der Waals surface area (Å²) in [6.07, 6.45) is 0. The third kappa shape index (κ3) is 4.48. The second-order valence-corrected chi connectivity index (χ2v) is 6.09. The van der Waals surface area contributed by atoms with Crippen LogP contribution in [-0.4, -0.2) is 5.91 Å². The fourth-order valence-electron chi connectivity index (χ4n) is 2.01. The maximum atomic E-state index is 11.1. The molecule has 1 unspecified atom stereocenters. The van der Waals surface area contributed by atoms with Crippen LogP contribution in [0.5, 0.6) is 0 Å². The largest absolute Gasteiger partial charge is 0.378 e. The minimum atomic E-state index is -0.0757. The van der Waals surface area contributed by atoms with Crippen molar-refractivity contribution >= 4 is 44.8 Å². The van der Waals surface area contributed by atoms with Crippen molar-refractivity contribution < 1.29 is 4.79 Å². The number of carbonyl (C=O) groups excluding carboxylic acids is 1. The smallest absolute Gasteiger partial charge is 0.221 e. The van der Waals surface area contributed by atoms with Crippen LogP contribution in [0.15, 0.2) is 46.9 Å². The minimum absolute atomic E-state index is 0.0757. The Balaban J connectivity index is 2.16. The predicted molar refractivity (Wildman–Crippen MR) is 91.9 cm³/mol. The highest BCUT2D eigenvalue weighted by molar-refractivity contribution is 9.10. The third-order valence-corrected chi connectivity index (χ3v) is 3.90. The van der Waals surface area contributed by atoms with E-state index < -0.39 is 0 Å². The van der Waals surface area contributed by atoms with Crippen LogP contribution in [-0.2, 0) is 4.79 Å². The average Bonchev–Trinajstić information content (AvgIpc) is 2.41. The van der Waals surface area contributed by atoms with Gasteiger partial charge in [0.05, 0.1) is 0 Å². The Labute approximate surface area is 137 Å². The molecule has 2 N–H and O–H groups in total. The van der Waals surface area contributed by atoms with E-state index in [4.69, 9.17) is 11.6 Å². The molecule has 0 aliphatic rings. The standard InChI is InChI=1S/C16H16BrClN2O/c1-10(19-16-7-6-13(18)9-15(16)17)12-4-3-5-14(8-12)20-11(2)21/h3-10,19H,1-2H3,(H,20,21). The highest BCUT2D eigenvalue weighted by Gasteiger charge is 2.09. The van der Waals surface area contributed by atoms with E-state index in [1.165, 1.54) is 6.92 Å². The molecule has 0 aromatic heterocycles. The van der Waals surface area contributed by atoms with Crippen LogP contribution in [0.2, 0.25) is 5.02 Å². The third-order valence-electron chi connectivity index (χ3n) is 3.01. The highest BCUT2D eigenvalue weighted by Crippen LogP contribution is 2.29. The lowest BCUT2D eigenvalue weighted by molar-refractivity contribution is -0.114. The van der Waals surface area contributed by atoms with E-state index in [1.807, 2.05) is 42.5 Å². The molecule has 21 heavy (non-hydrogen) atoms. The van der Waals surface area contributed by atoms with E-state index in [2.05, 4.69) is 33.5 Å². The molecule has 0 aliphatic heterocycles. The van der Waals surface area contributed by atoms with Crippen molar-refractivity contribution in [3.63, 3.8) is 0 Å². The van der Waals surface area contributed by atoms with Crippen molar-refractivity contribution in [2.24, 2.45) is 0 Å². The molecule has 0 heterocycles. The minimum Gasteiger partial charge on any atom is -0.378 e.